The lowest BCUT2D eigenvalue weighted by atomic mass is 10.1. The quantitative estimate of drug-likeness (QED) is 0.781. The van der Waals surface area contributed by atoms with Crippen LogP contribution in [0.25, 0.3) is 10.9 Å². The molecule has 0 unspecified atom stereocenters. The number of aliphatic hydroxyl groups excluding tert-OH is 1. The Bertz CT molecular complexity index is 545. The van der Waals surface area contributed by atoms with E-state index in [1.807, 2.05) is 24.4 Å². The van der Waals surface area contributed by atoms with Gasteiger partial charge < -0.3 is 15.4 Å². The number of aromatic nitrogens is 1. The number of H-pyrrole nitrogens is 1. The molecule has 1 aromatic heterocycles. The Hall–Kier alpha value is -1.03. The molecule has 3 rings (SSSR count). The van der Waals surface area contributed by atoms with Crippen LogP contribution in [0, 0.1) is 0 Å². The highest BCUT2D eigenvalue weighted by Gasteiger charge is 2.41. The fourth-order valence-corrected chi connectivity index (χ4v) is 2.30. The van der Waals surface area contributed by atoms with Crippen LogP contribution in [0.4, 0.5) is 0 Å². The summed E-state index contributed by atoms with van der Waals surface area (Å²) < 4.78 is 0. The van der Waals surface area contributed by atoms with Gasteiger partial charge in [0.15, 0.2) is 0 Å². The molecule has 1 fully saturated rings. The summed E-state index contributed by atoms with van der Waals surface area (Å²) in [6.07, 6.45) is 4.14. The molecule has 0 radical (unpaired) electrons. The Morgan fingerprint density at radius 2 is 2.24 bits per heavy atom. The number of halogens is 1. The fraction of sp³-hybridized carbons (Fsp3) is 0.385. The van der Waals surface area contributed by atoms with Gasteiger partial charge in [-0.1, -0.05) is 17.7 Å². The highest BCUT2D eigenvalue weighted by molar-refractivity contribution is 6.31. The zero-order valence-electron chi connectivity index (χ0n) is 9.46. The van der Waals surface area contributed by atoms with Crippen LogP contribution in [0.3, 0.4) is 0 Å². The van der Waals surface area contributed by atoms with E-state index in [1.54, 1.807) is 0 Å². The molecule has 1 aliphatic rings. The van der Waals surface area contributed by atoms with Crippen molar-refractivity contribution in [2.45, 2.75) is 24.9 Å². The van der Waals surface area contributed by atoms with Crippen LogP contribution >= 0.6 is 11.6 Å². The molecule has 90 valence electrons. The predicted molar refractivity (Wildman–Crippen MR) is 69.2 cm³/mol. The molecular formula is C13H15ClN2O. The second kappa shape index (κ2) is 4.02. The molecule has 3 N–H and O–H groups in total. The summed E-state index contributed by atoms with van der Waals surface area (Å²) in [6, 6.07) is 5.86. The third-order valence-corrected chi connectivity index (χ3v) is 3.77. The van der Waals surface area contributed by atoms with E-state index in [2.05, 4.69) is 10.3 Å². The minimum Gasteiger partial charge on any atom is -0.394 e. The Morgan fingerprint density at radius 1 is 1.41 bits per heavy atom. The van der Waals surface area contributed by atoms with Gasteiger partial charge in [0.1, 0.15) is 0 Å². The maximum Gasteiger partial charge on any atom is 0.0613 e. The third-order valence-electron chi connectivity index (χ3n) is 3.54. The molecule has 1 saturated carbocycles. The lowest BCUT2D eigenvalue weighted by Crippen LogP contribution is -2.34. The number of hydrogen-bond acceptors (Lipinski definition) is 2. The van der Waals surface area contributed by atoms with Crippen LogP contribution in [-0.2, 0) is 6.54 Å². The van der Waals surface area contributed by atoms with Crippen LogP contribution in [0.5, 0.6) is 0 Å². The molecule has 0 saturated heterocycles. The molecule has 0 bridgehead atoms. The Morgan fingerprint density at radius 3 is 2.94 bits per heavy atom. The van der Waals surface area contributed by atoms with E-state index >= 15 is 0 Å². The highest BCUT2D eigenvalue weighted by Crippen LogP contribution is 2.35. The zero-order chi connectivity index (χ0) is 11.9. The van der Waals surface area contributed by atoms with Crippen molar-refractivity contribution >= 4 is 22.5 Å². The molecule has 0 atom stereocenters. The van der Waals surface area contributed by atoms with Crippen LogP contribution in [-0.4, -0.2) is 22.2 Å². The summed E-state index contributed by atoms with van der Waals surface area (Å²) in [7, 11) is 0. The van der Waals surface area contributed by atoms with Gasteiger partial charge in [0.05, 0.1) is 6.61 Å². The van der Waals surface area contributed by atoms with Crippen molar-refractivity contribution in [3.05, 3.63) is 35.0 Å². The maximum absolute atomic E-state index is 9.25. The van der Waals surface area contributed by atoms with Gasteiger partial charge in [-0.25, -0.2) is 0 Å². The second-order valence-electron chi connectivity index (χ2n) is 4.80. The van der Waals surface area contributed by atoms with Crippen molar-refractivity contribution in [3.8, 4) is 0 Å². The van der Waals surface area contributed by atoms with Gasteiger partial charge in [-0.15, -0.1) is 0 Å². The first-order valence-electron chi connectivity index (χ1n) is 5.84. The van der Waals surface area contributed by atoms with E-state index in [4.69, 9.17) is 11.6 Å². The molecule has 1 aliphatic carbocycles. The molecule has 1 aromatic carbocycles. The van der Waals surface area contributed by atoms with Gasteiger partial charge in [0, 0.05) is 34.2 Å². The number of nitrogens with one attached hydrogen (secondary N) is 2. The zero-order valence-corrected chi connectivity index (χ0v) is 10.2. The first kappa shape index (κ1) is 11.1. The summed E-state index contributed by atoms with van der Waals surface area (Å²) in [5.41, 5.74) is 2.26. The number of aromatic amines is 1. The minimum atomic E-state index is -0.0178. The van der Waals surface area contributed by atoms with E-state index in [0.717, 1.165) is 29.9 Å². The molecular weight excluding hydrogens is 236 g/mol. The number of benzene rings is 1. The molecule has 2 aromatic rings. The molecule has 0 aliphatic heterocycles. The topological polar surface area (TPSA) is 48.0 Å². The molecule has 4 heteroatoms. The van der Waals surface area contributed by atoms with Crippen LogP contribution in [0.2, 0.25) is 5.02 Å². The smallest absolute Gasteiger partial charge is 0.0613 e. The minimum absolute atomic E-state index is 0.0178. The van der Waals surface area contributed by atoms with Crippen LogP contribution in [0.1, 0.15) is 18.4 Å². The Labute approximate surface area is 105 Å². The van der Waals surface area contributed by atoms with Gasteiger partial charge in [-0.05, 0) is 30.5 Å². The normalized spacial score (nSPS) is 17.5. The predicted octanol–water partition coefficient (Wildman–Crippen LogP) is 2.44. The average molecular weight is 251 g/mol. The van der Waals surface area contributed by atoms with Crippen molar-refractivity contribution in [1.82, 2.24) is 10.3 Å². The van der Waals surface area contributed by atoms with Crippen molar-refractivity contribution in [1.29, 1.82) is 0 Å². The number of hydrogen-bond donors (Lipinski definition) is 3. The van der Waals surface area contributed by atoms with Crippen molar-refractivity contribution in [3.63, 3.8) is 0 Å². The van der Waals surface area contributed by atoms with Crippen molar-refractivity contribution in [2.24, 2.45) is 0 Å². The van der Waals surface area contributed by atoms with E-state index in [1.165, 1.54) is 10.9 Å². The van der Waals surface area contributed by atoms with Gasteiger partial charge in [0.25, 0.3) is 0 Å². The van der Waals surface area contributed by atoms with Crippen molar-refractivity contribution in [2.75, 3.05) is 6.61 Å². The third kappa shape index (κ3) is 2.06. The lowest BCUT2D eigenvalue weighted by molar-refractivity contribution is 0.230. The Kier molecular flexibility index (Phi) is 2.62. The number of rotatable bonds is 4. The SMILES string of the molecule is OCC1(NCc2c[nH]c3cc(Cl)ccc23)CC1. The van der Waals surface area contributed by atoms with Gasteiger partial charge >= 0.3 is 0 Å². The maximum atomic E-state index is 9.25. The van der Waals surface area contributed by atoms with E-state index in [0.29, 0.717) is 0 Å². The van der Waals surface area contributed by atoms with E-state index in [-0.39, 0.29) is 12.1 Å². The van der Waals surface area contributed by atoms with E-state index < -0.39 is 0 Å². The largest absolute Gasteiger partial charge is 0.394 e. The summed E-state index contributed by atoms with van der Waals surface area (Å²) in [6.45, 7) is 1.00. The van der Waals surface area contributed by atoms with Gasteiger partial charge in [-0.2, -0.15) is 0 Å². The summed E-state index contributed by atoms with van der Waals surface area (Å²) in [5.74, 6) is 0. The molecule has 3 nitrogen and oxygen atoms in total. The van der Waals surface area contributed by atoms with Gasteiger partial charge in [-0.3, -0.25) is 0 Å². The van der Waals surface area contributed by atoms with Crippen molar-refractivity contribution < 1.29 is 5.11 Å². The lowest BCUT2D eigenvalue weighted by Gasteiger charge is -2.13. The van der Waals surface area contributed by atoms with Gasteiger partial charge in [0.2, 0.25) is 0 Å². The first-order valence-corrected chi connectivity index (χ1v) is 6.22. The van der Waals surface area contributed by atoms with Crippen LogP contribution < -0.4 is 5.32 Å². The molecule has 1 heterocycles. The fourth-order valence-electron chi connectivity index (χ4n) is 2.13. The Balaban J connectivity index is 1.81. The first-order chi connectivity index (χ1) is 8.22. The standard InChI is InChI=1S/C13H15ClN2O/c14-10-1-2-11-9(6-15-12(11)5-10)7-16-13(8-17)3-4-13/h1-2,5-6,15-17H,3-4,7-8H2. The van der Waals surface area contributed by atoms with Crippen LogP contribution in [0.15, 0.2) is 24.4 Å². The monoisotopic (exact) mass is 250 g/mol. The number of aliphatic hydroxyl groups is 1. The molecule has 17 heavy (non-hydrogen) atoms. The molecule has 0 amide bonds. The van der Waals surface area contributed by atoms with E-state index in [9.17, 15) is 5.11 Å². The highest BCUT2D eigenvalue weighted by atomic mass is 35.5. The second-order valence-corrected chi connectivity index (χ2v) is 5.23. The summed E-state index contributed by atoms with van der Waals surface area (Å²) in [4.78, 5) is 3.22. The molecule has 0 spiro atoms. The summed E-state index contributed by atoms with van der Waals surface area (Å²) in [5, 5.41) is 14.6. The number of fused-ring (bicyclic) bond motifs is 1. The summed E-state index contributed by atoms with van der Waals surface area (Å²) >= 11 is 5.94. The average Bonchev–Trinajstić information content (AvgIpc) is 3.02.